The van der Waals surface area contributed by atoms with Gasteiger partial charge in [-0.25, -0.2) is 17.2 Å². The van der Waals surface area contributed by atoms with Crippen molar-refractivity contribution in [3.63, 3.8) is 0 Å². The van der Waals surface area contributed by atoms with E-state index in [-0.39, 0.29) is 28.4 Å². The molecule has 1 aliphatic heterocycles. The second kappa shape index (κ2) is 6.83. The molecule has 148 valence electrons. The molecule has 4 rings (SSSR count). The first-order chi connectivity index (χ1) is 13.2. The van der Waals surface area contributed by atoms with Crippen LogP contribution in [-0.2, 0) is 10.0 Å². The molecule has 3 heterocycles. The van der Waals surface area contributed by atoms with Crippen LogP contribution in [0.2, 0.25) is 0 Å². The number of alkyl halides is 1. The van der Waals surface area contributed by atoms with Gasteiger partial charge in [0.05, 0.1) is 17.2 Å². The van der Waals surface area contributed by atoms with Gasteiger partial charge in [-0.05, 0) is 35.7 Å². The Morgan fingerprint density at radius 2 is 2.04 bits per heavy atom. The molecule has 0 aliphatic carbocycles. The van der Waals surface area contributed by atoms with E-state index in [1.807, 2.05) is 0 Å². The van der Waals surface area contributed by atoms with Crippen molar-refractivity contribution in [2.45, 2.75) is 16.5 Å². The first-order valence-corrected chi connectivity index (χ1v) is 10.6. The molecule has 11 heteroatoms. The van der Waals surface area contributed by atoms with Crippen LogP contribution in [0.25, 0.3) is 10.8 Å². The van der Waals surface area contributed by atoms with E-state index in [9.17, 15) is 27.1 Å². The first-order valence-electron chi connectivity index (χ1n) is 8.25. The van der Waals surface area contributed by atoms with Crippen LogP contribution in [0.3, 0.4) is 0 Å². The van der Waals surface area contributed by atoms with Crippen LogP contribution in [-0.4, -0.2) is 43.9 Å². The minimum atomic E-state index is -4.12. The number of halogens is 2. The third kappa shape index (κ3) is 3.36. The fraction of sp³-hybridized carbons (Fsp3) is 0.235. The monoisotopic (exact) mass is 427 g/mol. The number of pyridine rings is 1. The maximum Gasteiger partial charge on any atom is 0.271 e. The van der Waals surface area contributed by atoms with Crippen molar-refractivity contribution in [3.8, 4) is 0 Å². The van der Waals surface area contributed by atoms with Gasteiger partial charge in [-0.3, -0.25) is 9.52 Å². The number of aromatic nitrogens is 1. The van der Waals surface area contributed by atoms with Crippen LogP contribution in [0.15, 0.2) is 45.5 Å². The molecule has 0 saturated carbocycles. The van der Waals surface area contributed by atoms with Gasteiger partial charge in [0.25, 0.3) is 15.6 Å². The summed E-state index contributed by atoms with van der Waals surface area (Å²) in [5, 5.41) is 10.5. The maximum absolute atomic E-state index is 14.3. The quantitative estimate of drug-likeness (QED) is 0.592. The molecule has 3 aromatic rings. The van der Waals surface area contributed by atoms with Gasteiger partial charge in [0, 0.05) is 18.1 Å². The Balaban J connectivity index is 1.63. The van der Waals surface area contributed by atoms with Crippen molar-refractivity contribution in [1.82, 2.24) is 4.98 Å². The zero-order chi connectivity index (χ0) is 20.1. The van der Waals surface area contributed by atoms with Crippen molar-refractivity contribution < 1.29 is 22.3 Å². The van der Waals surface area contributed by atoms with Crippen molar-refractivity contribution >= 4 is 42.8 Å². The molecule has 2 atom stereocenters. The summed E-state index contributed by atoms with van der Waals surface area (Å²) in [7, 11) is -4.12. The fourth-order valence-corrected chi connectivity index (χ4v) is 5.40. The number of hydrogen-bond acceptors (Lipinski definition) is 6. The lowest BCUT2D eigenvalue weighted by Gasteiger charge is -2.14. The van der Waals surface area contributed by atoms with Gasteiger partial charge in [-0.2, -0.15) is 0 Å². The highest BCUT2D eigenvalue weighted by atomic mass is 32.2. The van der Waals surface area contributed by atoms with Gasteiger partial charge in [-0.1, -0.05) is 0 Å². The second-order valence-electron chi connectivity index (χ2n) is 6.41. The molecule has 1 aliphatic rings. The average molecular weight is 427 g/mol. The lowest BCUT2D eigenvalue weighted by Crippen LogP contribution is -2.20. The lowest BCUT2D eigenvalue weighted by molar-refractivity contribution is 0.118. The fourth-order valence-electron chi connectivity index (χ4n) is 3.03. The van der Waals surface area contributed by atoms with Gasteiger partial charge >= 0.3 is 0 Å². The highest BCUT2D eigenvalue weighted by Gasteiger charge is 2.32. The van der Waals surface area contributed by atoms with Crippen LogP contribution in [0.1, 0.15) is 0 Å². The Kier molecular flexibility index (Phi) is 4.60. The first kappa shape index (κ1) is 18.8. The standard InChI is InChI=1S/C17H15F2N3O4S2/c18-11-5-9-3-4-20-17(24)10(9)6-13(11)21-28(25,26)16-2-1-15(27-16)22-7-12(19)14(23)8-22/h1-6,12,14,21,23H,7-8H2,(H,20,24)/t12-,14+/m1/s1. The molecule has 0 unspecified atom stereocenters. The molecule has 0 spiro atoms. The number of aliphatic hydroxyl groups is 1. The molecule has 1 fully saturated rings. The number of nitrogens with zero attached hydrogens (tertiary/aromatic N) is 1. The summed E-state index contributed by atoms with van der Waals surface area (Å²) in [4.78, 5) is 15.9. The Morgan fingerprint density at radius 1 is 1.25 bits per heavy atom. The number of aromatic amines is 1. The number of H-pyrrole nitrogens is 1. The molecule has 0 radical (unpaired) electrons. The molecule has 3 N–H and O–H groups in total. The van der Waals surface area contributed by atoms with E-state index in [4.69, 9.17) is 0 Å². The molecule has 0 bridgehead atoms. The van der Waals surface area contributed by atoms with Crippen LogP contribution in [0.4, 0.5) is 19.5 Å². The predicted octanol–water partition coefficient (Wildman–Crippen LogP) is 2.05. The summed E-state index contributed by atoms with van der Waals surface area (Å²) in [6.07, 6.45) is -1.14. The van der Waals surface area contributed by atoms with E-state index < -0.39 is 33.7 Å². The molecule has 1 saturated heterocycles. The number of sulfonamides is 1. The van der Waals surface area contributed by atoms with Crippen LogP contribution < -0.4 is 15.2 Å². The minimum absolute atomic E-state index is 0.0311. The van der Waals surface area contributed by atoms with Gasteiger partial charge in [-0.15, -0.1) is 11.3 Å². The normalized spacial score (nSPS) is 20.0. The van der Waals surface area contributed by atoms with E-state index in [0.29, 0.717) is 10.4 Å². The number of fused-ring (bicyclic) bond motifs is 1. The molecule has 2 aromatic heterocycles. The molecular formula is C17H15F2N3O4S2. The third-order valence-corrected chi connectivity index (χ3v) is 7.47. The van der Waals surface area contributed by atoms with E-state index >= 15 is 0 Å². The summed E-state index contributed by atoms with van der Waals surface area (Å²) in [5.74, 6) is -0.818. The number of rotatable bonds is 4. The van der Waals surface area contributed by atoms with Crippen LogP contribution in [0.5, 0.6) is 0 Å². The predicted molar refractivity (Wildman–Crippen MR) is 103 cm³/mol. The van der Waals surface area contributed by atoms with Crippen LogP contribution >= 0.6 is 11.3 Å². The highest BCUT2D eigenvalue weighted by Crippen LogP contribution is 2.33. The summed E-state index contributed by atoms with van der Waals surface area (Å²) in [5.41, 5.74) is -0.815. The Morgan fingerprint density at radius 3 is 2.75 bits per heavy atom. The average Bonchev–Trinajstić information content (AvgIpc) is 3.24. The summed E-state index contributed by atoms with van der Waals surface area (Å²) in [6.45, 7) is 0.0351. The third-order valence-electron chi connectivity index (χ3n) is 4.47. The molecule has 1 aromatic carbocycles. The zero-order valence-corrected chi connectivity index (χ0v) is 15.9. The number of hydrogen-bond donors (Lipinski definition) is 3. The molecular weight excluding hydrogens is 412 g/mol. The number of benzene rings is 1. The van der Waals surface area contributed by atoms with E-state index in [0.717, 1.165) is 23.5 Å². The number of nitrogens with one attached hydrogen (secondary N) is 2. The molecule has 28 heavy (non-hydrogen) atoms. The topological polar surface area (TPSA) is 102 Å². The lowest BCUT2D eigenvalue weighted by atomic mass is 10.1. The van der Waals surface area contributed by atoms with Crippen LogP contribution in [0, 0.1) is 5.82 Å². The number of anilines is 2. The van der Waals surface area contributed by atoms with Gasteiger partial charge in [0.2, 0.25) is 0 Å². The van der Waals surface area contributed by atoms with E-state index in [2.05, 4.69) is 9.71 Å². The minimum Gasteiger partial charge on any atom is -0.388 e. The zero-order valence-electron chi connectivity index (χ0n) is 14.2. The second-order valence-corrected chi connectivity index (χ2v) is 9.38. The maximum atomic E-state index is 14.3. The van der Waals surface area contributed by atoms with Crippen molar-refractivity contribution in [3.05, 3.63) is 52.7 Å². The van der Waals surface area contributed by atoms with Gasteiger partial charge in [0.1, 0.15) is 22.3 Å². The number of thiophene rings is 1. The van der Waals surface area contributed by atoms with Gasteiger partial charge < -0.3 is 15.0 Å². The number of β-amino-alcohol motifs (C(OH)–C–C–N with tert-alkyl or cyclic N) is 1. The highest BCUT2D eigenvalue weighted by molar-refractivity contribution is 7.94. The molecule has 7 nitrogen and oxygen atoms in total. The SMILES string of the molecule is O=c1[nH]ccc2cc(F)c(NS(=O)(=O)c3ccc(N4C[C@@H](F)[C@@H](O)C4)s3)cc12. The largest absolute Gasteiger partial charge is 0.388 e. The summed E-state index contributed by atoms with van der Waals surface area (Å²) in [6, 6.07) is 6.55. The Bertz CT molecular complexity index is 1200. The van der Waals surface area contributed by atoms with E-state index in [1.54, 1.807) is 4.90 Å². The number of aliphatic hydroxyl groups excluding tert-OH is 1. The van der Waals surface area contributed by atoms with E-state index in [1.165, 1.54) is 24.4 Å². The van der Waals surface area contributed by atoms with Crippen molar-refractivity contribution in [1.29, 1.82) is 0 Å². The Hall–Kier alpha value is -2.50. The van der Waals surface area contributed by atoms with Gasteiger partial charge in [0.15, 0.2) is 0 Å². The molecule has 0 amide bonds. The van der Waals surface area contributed by atoms with Crippen molar-refractivity contribution in [2.24, 2.45) is 0 Å². The Labute approximate surface area is 162 Å². The summed E-state index contributed by atoms with van der Waals surface area (Å²) >= 11 is 0.880. The van der Waals surface area contributed by atoms with Crippen molar-refractivity contribution in [2.75, 3.05) is 22.7 Å². The summed E-state index contributed by atoms with van der Waals surface area (Å²) < 4.78 is 55.2. The smallest absolute Gasteiger partial charge is 0.271 e.